The topological polar surface area (TPSA) is 190 Å². The molecule has 0 radical (unpaired) electrons. The number of benzene rings is 2. The van der Waals surface area contributed by atoms with Gasteiger partial charge in [0.2, 0.25) is 33.3 Å². The first-order valence-electron chi connectivity index (χ1n) is 21.3. The van der Waals surface area contributed by atoms with Gasteiger partial charge in [-0.2, -0.15) is 4.98 Å². The van der Waals surface area contributed by atoms with Gasteiger partial charge in [0.05, 0.1) is 11.8 Å². The van der Waals surface area contributed by atoms with Gasteiger partial charge < -0.3 is 24.7 Å². The second kappa shape index (κ2) is 15.3. The van der Waals surface area contributed by atoms with Crippen LogP contribution < -0.4 is 20.1 Å². The van der Waals surface area contributed by atoms with Crippen molar-refractivity contribution in [2.45, 2.75) is 126 Å². The van der Waals surface area contributed by atoms with Crippen molar-refractivity contribution in [3.05, 3.63) is 66.2 Å². The molecule has 1 saturated heterocycles. The second-order valence-corrected chi connectivity index (χ2v) is 20.2. The summed E-state index contributed by atoms with van der Waals surface area (Å²) in [6, 6.07) is 13.6. The Balaban J connectivity index is 1.06. The minimum absolute atomic E-state index is 0.0212. The molecule has 4 amide bonds. The van der Waals surface area contributed by atoms with Crippen LogP contribution in [0.3, 0.4) is 0 Å². The van der Waals surface area contributed by atoms with Gasteiger partial charge in [0.25, 0.3) is 11.8 Å². The van der Waals surface area contributed by atoms with E-state index in [1.807, 2.05) is 48.6 Å². The highest BCUT2D eigenvalue weighted by molar-refractivity contribution is 7.91. The van der Waals surface area contributed by atoms with Crippen LogP contribution in [-0.2, 0) is 34.6 Å². The fourth-order valence-corrected chi connectivity index (χ4v) is 9.90. The quantitative estimate of drug-likeness (QED) is 0.189. The number of carbonyl (C=O) groups excluding carboxylic acids is 4. The number of nitrogens with zero attached hydrogens (tertiary/aromatic N) is 3. The number of allylic oxidation sites excluding steroid dienone is 1. The van der Waals surface area contributed by atoms with Crippen LogP contribution in [-0.4, -0.2) is 82.4 Å². The van der Waals surface area contributed by atoms with Crippen LogP contribution >= 0.6 is 0 Å². The maximum Gasteiger partial charge on any atom is 0.262 e. The Labute approximate surface area is 349 Å². The summed E-state index contributed by atoms with van der Waals surface area (Å²) in [5.74, 6) is -1.97. The molecule has 2 aromatic heterocycles. The van der Waals surface area contributed by atoms with E-state index in [2.05, 4.69) is 48.3 Å². The molecule has 0 unspecified atom stereocenters. The Bertz CT molecular complexity index is 2500. The summed E-state index contributed by atoms with van der Waals surface area (Å²) in [6.07, 6.45) is 9.23. The molecule has 5 atom stereocenters. The van der Waals surface area contributed by atoms with Gasteiger partial charge in [-0.25, -0.2) is 13.4 Å². The van der Waals surface area contributed by atoms with E-state index < -0.39 is 62.6 Å². The largest absolute Gasteiger partial charge is 0.470 e. The van der Waals surface area contributed by atoms with E-state index >= 15 is 0 Å². The molecule has 3 aliphatic carbocycles. The predicted molar refractivity (Wildman–Crippen MR) is 224 cm³/mol. The molecule has 60 heavy (non-hydrogen) atoms. The predicted octanol–water partition coefficient (Wildman–Crippen LogP) is 5.59. The van der Waals surface area contributed by atoms with Crippen molar-refractivity contribution in [2.24, 2.45) is 11.8 Å². The van der Waals surface area contributed by atoms with Gasteiger partial charge in [-0.15, -0.1) is 0 Å². The zero-order valence-electron chi connectivity index (χ0n) is 34.2. The van der Waals surface area contributed by atoms with E-state index in [1.165, 1.54) is 4.90 Å². The molecular weight excluding hydrogens is 785 g/mol. The summed E-state index contributed by atoms with van der Waals surface area (Å²) in [5, 5.41) is 6.06. The van der Waals surface area contributed by atoms with E-state index in [4.69, 9.17) is 19.1 Å². The van der Waals surface area contributed by atoms with Crippen molar-refractivity contribution in [2.75, 3.05) is 6.54 Å². The van der Waals surface area contributed by atoms with Gasteiger partial charge in [0.1, 0.15) is 34.8 Å². The molecule has 14 nitrogen and oxygen atoms in total. The smallest absolute Gasteiger partial charge is 0.262 e. The van der Waals surface area contributed by atoms with Crippen LogP contribution in [0, 0.1) is 11.8 Å². The third kappa shape index (κ3) is 8.00. The van der Waals surface area contributed by atoms with Crippen molar-refractivity contribution < 1.29 is 36.7 Å². The molecule has 0 spiro atoms. The zero-order chi connectivity index (χ0) is 42.0. The molecule has 3 saturated carbocycles. The Hall–Kier alpha value is -5.31. The molecule has 4 aromatic rings. The number of sulfonamides is 1. The third-order valence-corrected chi connectivity index (χ3v) is 14.4. The highest BCUT2D eigenvalue weighted by Gasteiger charge is 2.62. The van der Waals surface area contributed by atoms with Crippen molar-refractivity contribution in [3.8, 4) is 17.3 Å². The van der Waals surface area contributed by atoms with Gasteiger partial charge >= 0.3 is 0 Å². The van der Waals surface area contributed by atoms with Gasteiger partial charge in [-0.3, -0.25) is 23.9 Å². The molecule has 0 bridgehead atoms. The first kappa shape index (κ1) is 40.1. The lowest BCUT2D eigenvalue weighted by atomic mass is 9.87. The Morgan fingerprint density at radius 2 is 1.73 bits per heavy atom. The number of hydrogen-bond acceptors (Lipinski definition) is 10. The summed E-state index contributed by atoms with van der Waals surface area (Å²) in [6.45, 7) is 6.41. The van der Waals surface area contributed by atoms with Crippen LogP contribution in [0.4, 0.5) is 0 Å². The summed E-state index contributed by atoms with van der Waals surface area (Å²) >= 11 is 0. The van der Waals surface area contributed by atoms with Crippen molar-refractivity contribution >= 4 is 55.7 Å². The minimum atomic E-state index is -3.90. The molecule has 2 aliphatic heterocycles. The van der Waals surface area contributed by atoms with Gasteiger partial charge in [-0.05, 0) is 74.5 Å². The number of rotatable bonds is 8. The van der Waals surface area contributed by atoms with Crippen molar-refractivity contribution in [1.82, 2.24) is 30.2 Å². The first-order chi connectivity index (χ1) is 28.7. The summed E-state index contributed by atoms with van der Waals surface area (Å²) in [4.78, 5) is 67.5. The number of hydrogen-bond donors (Lipinski definition) is 3. The number of carbonyl (C=O) groups is 4. The van der Waals surface area contributed by atoms with Crippen LogP contribution in [0.1, 0.15) is 97.0 Å². The molecule has 15 heteroatoms. The van der Waals surface area contributed by atoms with E-state index in [1.54, 1.807) is 0 Å². The normalized spacial score (nSPS) is 26.4. The number of furan rings is 1. The molecular formula is C45H52N6O8S. The lowest BCUT2D eigenvalue weighted by Crippen LogP contribution is -2.58. The van der Waals surface area contributed by atoms with Crippen molar-refractivity contribution in [3.63, 3.8) is 0 Å². The molecule has 9 rings (SSSR count). The van der Waals surface area contributed by atoms with Crippen molar-refractivity contribution in [1.29, 1.82) is 0 Å². The van der Waals surface area contributed by atoms with Crippen LogP contribution in [0.2, 0.25) is 0 Å². The SMILES string of the molecule is CC(C)(C)c1ccc(-c2nc(O[C@@H]3C[C@H]4C(=O)N[C@]5(C(=O)NS(=O)(=O)C6CC6)C[C@H]5C=CCCCCC[C@H](NC(=O)C5CC5)C(=O)N4C3)c3oc4ccccc4c3n2)cc1. The zero-order valence-corrected chi connectivity index (χ0v) is 35.1. The number of para-hydroxylation sites is 1. The van der Waals surface area contributed by atoms with E-state index in [0.717, 1.165) is 48.6 Å². The second-order valence-electron chi connectivity index (χ2n) is 18.3. The Kier molecular flexibility index (Phi) is 10.2. The number of fused-ring (bicyclic) bond motifs is 5. The van der Waals surface area contributed by atoms with Crippen LogP contribution in [0.5, 0.6) is 5.88 Å². The molecule has 4 heterocycles. The molecule has 2 aromatic carbocycles. The Morgan fingerprint density at radius 3 is 2.47 bits per heavy atom. The van der Waals surface area contributed by atoms with Gasteiger partial charge in [-0.1, -0.05) is 82.2 Å². The maximum atomic E-state index is 14.7. The fraction of sp³-hybridized carbons (Fsp3) is 0.511. The number of aromatic nitrogens is 2. The van der Waals surface area contributed by atoms with Crippen LogP contribution in [0.15, 0.2) is 65.1 Å². The van der Waals surface area contributed by atoms with Gasteiger partial charge in [0.15, 0.2) is 5.82 Å². The first-order valence-corrected chi connectivity index (χ1v) is 22.9. The average Bonchev–Trinajstić information content (AvgIpc) is 4.14. The third-order valence-electron chi connectivity index (χ3n) is 12.6. The van der Waals surface area contributed by atoms with E-state index in [9.17, 15) is 27.6 Å². The lowest BCUT2D eigenvalue weighted by Gasteiger charge is -2.30. The number of amides is 4. The highest BCUT2D eigenvalue weighted by Crippen LogP contribution is 2.46. The summed E-state index contributed by atoms with van der Waals surface area (Å²) in [5.41, 5.74) is 1.82. The summed E-state index contributed by atoms with van der Waals surface area (Å²) in [7, 11) is -3.90. The number of ether oxygens (including phenoxy) is 1. The summed E-state index contributed by atoms with van der Waals surface area (Å²) < 4.78 is 41.1. The van der Waals surface area contributed by atoms with E-state index in [0.29, 0.717) is 48.2 Å². The standard InChI is InChI=1S/C45H52N6O8S/c1-44(2,3)28-19-17-26(18-20-28)38-47-36-32-12-9-10-14-35(32)59-37(36)41(48-38)58-30-23-34-40(53)49-45(43(55)50-60(56,57)31-21-22-31)24-29(45)11-7-5-4-6-8-13-33(42(54)51(34)25-30)46-39(52)27-15-16-27/h7,9-12,14,17-20,27,29-31,33-34H,4-6,8,13,15-16,21-25H2,1-3H3,(H,46,52)(H,49,53)(H,50,55)/t29-,30-,33+,34+,45-/m1/s1. The average molecular weight is 837 g/mol. The molecule has 316 valence electrons. The molecule has 5 aliphatic rings. The number of nitrogens with one attached hydrogen (secondary N) is 3. The minimum Gasteiger partial charge on any atom is -0.470 e. The monoisotopic (exact) mass is 836 g/mol. The highest BCUT2D eigenvalue weighted by atomic mass is 32.2. The fourth-order valence-electron chi connectivity index (χ4n) is 8.53. The van der Waals surface area contributed by atoms with Crippen LogP contribution in [0.25, 0.3) is 33.5 Å². The molecule has 3 N–H and O–H groups in total. The Morgan fingerprint density at radius 1 is 0.967 bits per heavy atom. The lowest BCUT2D eigenvalue weighted by molar-refractivity contribution is -0.142. The van der Waals surface area contributed by atoms with E-state index in [-0.39, 0.29) is 42.5 Å². The van der Waals surface area contributed by atoms with Gasteiger partial charge in [0, 0.05) is 29.2 Å². The maximum absolute atomic E-state index is 14.7. The molecule has 4 fully saturated rings.